The first kappa shape index (κ1) is 14.3. The molecular weight excluding hydrogens is 222 g/mol. The van der Waals surface area contributed by atoms with E-state index in [2.05, 4.69) is 5.32 Å². The molecule has 0 bridgehead atoms. The van der Waals surface area contributed by atoms with E-state index in [0.717, 1.165) is 19.3 Å². The minimum Gasteiger partial charge on any atom is -0.444 e. The number of hydrogen-bond donors (Lipinski definition) is 2. The first-order valence-corrected chi connectivity index (χ1v) is 6.09. The standard InChI is InChI=1S/C12H23NO4/c1-11(2,3)17-10(15)13-9-12(5-4-6-12)16-8-7-14/h14H,4-9H2,1-3H3,(H,13,15). The number of aliphatic hydroxyl groups is 1. The summed E-state index contributed by atoms with van der Waals surface area (Å²) in [6.45, 7) is 6.25. The fraction of sp³-hybridized carbons (Fsp3) is 0.917. The molecule has 1 saturated carbocycles. The number of carbonyl (C=O) groups excluding carboxylic acids is 1. The normalized spacial score (nSPS) is 18.4. The summed E-state index contributed by atoms with van der Waals surface area (Å²) in [5, 5.41) is 11.5. The number of rotatable bonds is 5. The smallest absolute Gasteiger partial charge is 0.407 e. The lowest BCUT2D eigenvalue weighted by Crippen LogP contribution is -2.51. The Hall–Kier alpha value is -0.810. The summed E-state index contributed by atoms with van der Waals surface area (Å²) in [6.07, 6.45) is 2.52. The third-order valence-corrected chi connectivity index (χ3v) is 2.72. The highest BCUT2D eigenvalue weighted by Gasteiger charge is 2.38. The number of aliphatic hydroxyl groups excluding tert-OH is 1. The first-order valence-electron chi connectivity index (χ1n) is 6.09. The van der Waals surface area contributed by atoms with Gasteiger partial charge in [-0.15, -0.1) is 0 Å². The molecule has 0 aromatic heterocycles. The van der Waals surface area contributed by atoms with E-state index in [1.165, 1.54) is 0 Å². The molecule has 2 N–H and O–H groups in total. The van der Waals surface area contributed by atoms with Gasteiger partial charge in [0.15, 0.2) is 0 Å². The molecule has 0 radical (unpaired) electrons. The van der Waals surface area contributed by atoms with Crippen molar-refractivity contribution in [1.29, 1.82) is 0 Å². The van der Waals surface area contributed by atoms with Crippen molar-refractivity contribution in [2.75, 3.05) is 19.8 Å². The molecule has 0 heterocycles. The summed E-state index contributed by atoms with van der Waals surface area (Å²) in [4.78, 5) is 11.5. The summed E-state index contributed by atoms with van der Waals surface area (Å²) in [5.74, 6) is 0. The van der Waals surface area contributed by atoms with Gasteiger partial charge in [-0.25, -0.2) is 4.79 Å². The maximum Gasteiger partial charge on any atom is 0.407 e. The molecule has 0 spiro atoms. The Kier molecular flexibility index (Phi) is 4.77. The molecule has 0 aliphatic heterocycles. The maximum absolute atomic E-state index is 11.5. The van der Waals surface area contributed by atoms with Gasteiger partial charge in [0.05, 0.1) is 18.8 Å². The van der Waals surface area contributed by atoms with E-state index in [0.29, 0.717) is 13.2 Å². The van der Waals surface area contributed by atoms with Crippen LogP contribution in [0, 0.1) is 0 Å². The largest absolute Gasteiger partial charge is 0.444 e. The number of carbonyl (C=O) groups is 1. The predicted molar refractivity (Wildman–Crippen MR) is 63.9 cm³/mol. The Labute approximate surface area is 102 Å². The predicted octanol–water partition coefficient (Wildman–Crippen LogP) is 1.44. The van der Waals surface area contributed by atoms with Crippen molar-refractivity contribution in [1.82, 2.24) is 5.32 Å². The molecule has 5 heteroatoms. The quantitative estimate of drug-likeness (QED) is 0.769. The molecule has 1 aliphatic rings. The van der Waals surface area contributed by atoms with Gasteiger partial charge in [-0.2, -0.15) is 0 Å². The number of amides is 1. The number of alkyl carbamates (subject to hydrolysis) is 1. The summed E-state index contributed by atoms with van der Waals surface area (Å²) in [7, 11) is 0. The molecule has 17 heavy (non-hydrogen) atoms. The summed E-state index contributed by atoms with van der Waals surface area (Å²) in [5.41, 5.74) is -0.775. The van der Waals surface area contributed by atoms with E-state index in [-0.39, 0.29) is 12.2 Å². The molecular formula is C12H23NO4. The molecule has 0 atom stereocenters. The van der Waals surface area contributed by atoms with Gasteiger partial charge in [0.25, 0.3) is 0 Å². The third-order valence-electron chi connectivity index (χ3n) is 2.72. The highest BCUT2D eigenvalue weighted by atomic mass is 16.6. The Balaban J connectivity index is 2.30. The van der Waals surface area contributed by atoms with Crippen LogP contribution in [0.15, 0.2) is 0 Å². The number of hydrogen-bond acceptors (Lipinski definition) is 4. The molecule has 1 fully saturated rings. The molecule has 5 nitrogen and oxygen atoms in total. The van der Waals surface area contributed by atoms with E-state index in [9.17, 15) is 4.79 Å². The van der Waals surface area contributed by atoms with E-state index in [1.807, 2.05) is 20.8 Å². The van der Waals surface area contributed by atoms with Gasteiger partial charge in [0.2, 0.25) is 0 Å². The second-order valence-corrected chi connectivity index (χ2v) is 5.46. The Bertz CT molecular complexity index is 256. The van der Waals surface area contributed by atoms with Crippen LogP contribution in [-0.4, -0.2) is 42.2 Å². The van der Waals surface area contributed by atoms with Crippen LogP contribution in [0.5, 0.6) is 0 Å². The van der Waals surface area contributed by atoms with Crippen LogP contribution in [0.4, 0.5) is 4.79 Å². The van der Waals surface area contributed by atoms with Crippen LogP contribution in [0.1, 0.15) is 40.0 Å². The van der Waals surface area contributed by atoms with Crippen molar-refractivity contribution in [3.8, 4) is 0 Å². The molecule has 1 amide bonds. The SMILES string of the molecule is CC(C)(C)OC(=O)NCC1(OCCO)CCC1. The van der Waals surface area contributed by atoms with Crippen LogP contribution >= 0.6 is 0 Å². The summed E-state index contributed by atoms with van der Waals surface area (Å²) in [6, 6.07) is 0. The van der Waals surface area contributed by atoms with Crippen molar-refractivity contribution in [2.24, 2.45) is 0 Å². The van der Waals surface area contributed by atoms with Gasteiger partial charge in [0, 0.05) is 6.54 Å². The molecule has 1 aliphatic carbocycles. The molecule has 0 aromatic carbocycles. The topological polar surface area (TPSA) is 67.8 Å². The number of nitrogens with one attached hydrogen (secondary N) is 1. The second-order valence-electron chi connectivity index (χ2n) is 5.46. The highest BCUT2D eigenvalue weighted by molar-refractivity contribution is 5.67. The minimum atomic E-state index is -0.483. The van der Waals surface area contributed by atoms with Gasteiger partial charge in [-0.05, 0) is 40.0 Å². The highest BCUT2D eigenvalue weighted by Crippen LogP contribution is 2.34. The van der Waals surface area contributed by atoms with E-state index < -0.39 is 11.7 Å². The van der Waals surface area contributed by atoms with Gasteiger partial charge < -0.3 is 19.9 Å². The second kappa shape index (κ2) is 5.69. The van der Waals surface area contributed by atoms with Crippen molar-refractivity contribution in [3.63, 3.8) is 0 Å². The van der Waals surface area contributed by atoms with Gasteiger partial charge >= 0.3 is 6.09 Å². The minimum absolute atomic E-state index is 0.00812. The van der Waals surface area contributed by atoms with Gasteiger partial charge in [0.1, 0.15) is 5.60 Å². The van der Waals surface area contributed by atoms with Crippen molar-refractivity contribution >= 4 is 6.09 Å². The maximum atomic E-state index is 11.5. The summed E-state index contributed by atoms with van der Waals surface area (Å²) < 4.78 is 10.7. The van der Waals surface area contributed by atoms with E-state index in [4.69, 9.17) is 14.6 Å². The zero-order chi connectivity index (χ0) is 12.9. The Morgan fingerprint density at radius 3 is 2.47 bits per heavy atom. The molecule has 0 unspecified atom stereocenters. The van der Waals surface area contributed by atoms with Crippen LogP contribution < -0.4 is 5.32 Å². The fourth-order valence-corrected chi connectivity index (χ4v) is 1.75. The van der Waals surface area contributed by atoms with Crippen LogP contribution in [0.3, 0.4) is 0 Å². The van der Waals surface area contributed by atoms with Crippen molar-refractivity contribution in [2.45, 2.75) is 51.2 Å². The monoisotopic (exact) mass is 245 g/mol. The van der Waals surface area contributed by atoms with Crippen LogP contribution in [0.2, 0.25) is 0 Å². The third kappa shape index (κ3) is 4.91. The average Bonchev–Trinajstić information content (AvgIpc) is 2.13. The lowest BCUT2D eigenvalue weighted by molar-refractivity contribution is -0.105. The lowest BCUT2D eigenvalue weighted by Gasteiger charge is -2.41. The van der Waals surface area contributed by atoms with E-state index >= 15 is 0 Å². The zero-order valence-corrected chi connectivity index (χ0v) is 10.9. The van der Waals surface area contributed by atoms with Gasteiger partial charge in [-0.3, -0.25) is 0 Å². The lowest BCUT2D eigenvalue weighted by atomic mass is 9.80. The van der Waals surface area contributed by atoms with Crippen molar-refractivity contribution in [3.05, 3.63) is 0 Å². The van der Waals surface area contributed by atoms with Crippen LogP contribution in [0.25, 0.3) is 0 Å². The summed E-state index contributed by atoms with van der Waals surface area (Å²) >= 11 is 0. The van der Waals surface area contributed by atoms with E-state index in [1.54, 1.807) is 0 Å². The van der Waals surface area contributed by atoms with Crippen LogP contribution in [-0.2, 0) is 9.47 Å². The fourth-order valence-electron chi connectivity index (χ4n) is 1.75. The molecule has 0 aromatic rings. The number of ether oxygens (including phenoxy) is 2. The average molecular weight is 245 g/mol. The Morgan fingerprint density at radius 1 is 1.41 bits per heavy atom. The first-order chi connectivity index (χ1) is 7.87. The van der Waals surface area contributed by atoms with Crippen molar-refractivity contribution < 1.29 is 19.4 Å². The molecule has 1 rings (SSSR count). The molecule has 100 valence electrons. The molecule has 0 saturated heterocycles. The Morgan fingerprint density at radius 2 is 2.06 bits per heavy atom. The zero-order valence-electron chi connectivity index (χ0n) is 10.9. The van der Waals surface area contributed by atoms with Gasteiger partial charge in [-0.1, -0.05) is 0 Å².